The van der Waals surface area contributed by atoms with Crippen molar-refractivity contribution in [1.82, 2.24) is 5.32 Å². The average molecular weight is 509 g/mol. The van der Waals surface area contributed by atoms with Crippen LogP contribution >= 0.6 is 55.7 Å². The maximum atomic E-state index is 11.9. The van der Waals surface area contributed by atoms with Crippen LogP contribution in [0.25, 0.3) is 0 Å². The third-order valence-corrected chi connectivity index (χ3v) is 4.67. The zero-order valence-corrected chi connectivity index (χ0v) is 17.6. The van der Waals surface area contributed by atoms with Gasteiger partial charge in [-0.2, -0.15) is 0 Å². The van der Waals surface area contributed by atoms with E-state index in [4.69, 9.17) is 28.6 Å². The van der Waals surface area contributed by atoms with Crippen LogP contribution in [0.1, 0.15) is 5.56 Å². The van der Waals surface area contributed by atoms with Gasteiger partial charge in [0, 0.05) is 10.7 Å². The zero-order valence-electron chi connectivity index (χ0n) is 12.9. The normalized spacial score (nSPS) is 10.2. The molecule has 0 spiro atoms. The van der Waals surface area contributed by atoms with Crippen molar-refractivity contribution < 1.29 is 14.6 Å². The number of aryl methyl sites for hydroxylation is 1. The maximum absolute atomic E-state index is 11.9. The standard InChI is InChI=1S/C16H13Br2ClN2O3S/c1-8-4-9(19)2-3-13(8)24-7-14(22)21-16(25)20-10-5-11(17)15(23)12(18)6-10/h2-6,23H,7H2,1H3,(H2,20,21,22,25). The van der Waals surface area contributed by atoms with Crippen LogP contribution in [0, 0.1) is 6.92 Å². The van der Waals surface area contributed by atoms with Gasteiger partial charge >= 0.3 is 0 Å². The summed E-state index contributed by atoms with van der Waals surface area (Å²) >= 11 is 17.4. The predicted octanol–water partition coefficient (Wildman–Crippen LogP) is 4.77. The Balaban J connectivity index is 1.89. The number of rotatable bonds is 4. The van der Waals surface area contributed by atoms with Crippen LogP contribution < -0.4 is 15.4 Å². The summed E-state index contributed by atoms with van der Waals surface area (Å²) in [4.78, 5) is 11.9. The highest BCUT2D eigenvalue weighted by Gasteiger charge is 2.10. The molecular weight excluding hydrogens is 496 g/mol. The molecule has 3 N–H and O–H groups in total. The number of halogens is 3. The van der Waals surface area contributed by atoms with Gasteiger partial charge in [-0.25, -0.2) is 0 Å². The van der Waals surface area contributed by atoms with Gasteiger partial charge in [-0.15, -0.1) is 0 Å². The van der Waals surface area contributed by atoms with Crippen molar-refractivity contribution in [1.29, 1.82) is 0 Å². The number of hydrogen-bond acceptors (Lipinski definition) is 4. The molecule has 2 aromatic carbocycles. The summed E-state index contributed by atoms with van der Waals surface area (Å²) in [6.07, 6.45) is 0. The Bertz CT molecular complexity index is 810. The highest BCUT2D eigenvalue weighted by atomic mass is 79.9. The fourth-order valence-electron chi connectivity index (χ4n) is 1.88. The number of ether oxygens (including phenoxy) is 1. The first-order valence-electron chi connectivity index (χ1n) is 6.94. The number of amides is 1. The lowest BCUT2D eigenvalue weighted by Gasteiger charge is -2.12. The summed E-state index contributed by atoms with van der Waals surface area (Å²) < 4.78 is 6.42. The summed E-state index contributed by atoms with van der Waals surface area (Å²) in [5.74, 6) is 0.251. The lowest BCUT2D eigenvalue weighted by molar-refractivity contribution is -0.121. The molecule has 0 atom stereocenters. The van der Waals surface area contributed by atoms with Crippen molar-refractivity contribution >= 4 is 72.4 Å². The van der Waals surface area contributed by atoms with E-state index in [1.807, 2.05) is 6.92 Å². The summed E-state index contributed by atoms with van der Waals surface area (Å²) in [6.45, 7) is 1.65. The highest BCUT2D eigenvalue weighted by molar-refractivity contribution is 9.11. The smallest absolute Gasteiger partial charge is 0.264 e. The van der Waals surface area contributed by atoms with Crippen molar-refractivity contribution in [3.8, 4) is 11.5 Å². The fourth-order valence-corrected chi connectivity index (χ4v) is 3.53. The molecule has 2 rings (SSSR count). The quantitative estimate of drug-likeness (QED) is 0.410. The monoisotopic (exact) mass is 506 g/mol. The average Bonchev–Trinajstić information content (AvgIpc) is 2.51. The van der Waals surface area contributed by atoms with Crippen LogP contribution in [-0.4, -0.2) is 22.7 Å². The molecule has 0 aliphatic heterocycles. The van der Waals surface area contributed by atoms with Gasteiger partial charge in [0.2, 0.25) is 0 Å². The third kappa shape index (κ3) is 5.85. The largest absolute Gasteiger partial charge is 0.506 e. The molecule has 2 aromatic rings. The highest BCUT2D eigenvalue weighted by Crippen LogP contribution is 2.35. The second-order valence-electron chi connectivity index (χ2n) is 4.99. The number of nitrogens with one attached hydrogen (secondary N) is 2. The zero-order chi connectivity index (χ0) is 18.6. The van der Waals surface area contributed by atoms with E-state index in [0.717, 1.165) is 5.56 Å². The molecule has 5 nitrogen and oxygen atoms in total. The van der Waals surface area contributed by atoms with E-state index in [1.165, 1.54) is 0 Å². The van der Waals surface area contributed by atoms with Crippen LogP contribution in [0.3, 0.4) is 0 Å². The van der Waals surface area contributed by atoms with E-state index in [9.17, 15) is 9.90 Å². The van der Waals surface area contributed by atoms with E-state index < -0.39 is 5.91 Å². The molecule has 0 saturated carbocycles. The molecule has 0 aliphatic rings. The summed E-state index contributed by atoms with van der Waals surface area (Å²) in [5.41, 5.74) is 1.43. The third-order valence-electron chi connectivity index (χ3n) is 3.02. The van der Waals surface area contributed by atoms with Gasteiger partial charge in [-0.1, -0.05) is 11.6 Å². The van der Waals surface area contributed by atoms with Crippen molar-refractivity contribution in [3.05, 3.63) is 49.9 Å². The Morgan fingerprint density at radius 1 is 1.28 bits per heavy atom. The number of phenols is 1. The van der Waals surface area contributed by atoms with Gasteiger partial charge in [0.25, 0.3) is 5.91 Å². The molecule has 0 saturated heterocycles. The maximum Gasteiger partial charge on any atom is 0.264 e. The first-order chi connectivity index (χ1) is 11.8. The van der Waals surface area contributed by atoms with Gasteiger partial charge in [-0.3, -0.25) is 10.1 Å². The number of carbonyl (C=O) groups excluding carboxylic acids is 1. The lowest BCUT2D eigenvalue weighted by Crippen LogP contribution is -2.37. The first-order valence-corrected chi connectivity index (χ1v) is 9.31. The van der Waals surface area contributed by atoms with E-state index in [2.05, 4.69) is 42.5 Å². The van der Waals surface area contributed by atoms with Crippen LogP contribution in [0.15, 0.2) is 39.3 Å². The number of benzene rings is 2. The van der Waals surface area contributed by atoms with Crippen molar-refractivity contribution in [2.75, 3.05) is 11.9 Å². The lowest BCUT2D eigenvalue weighted by atomic mass is 10.2. The molecule has 9 heteroatoms. The molecule has 0 fully saturated rings. The van der Waals surface area contributed by atoms with Gasteiger partial charge in [0.15, 0.2) is 11.7 Å². The number of aromatic hydroxyl groups is 1. The molecule has 0 aliphatic carbocycles. The van der Waals surface area contributed by atoms with E-state index in [0.29, 0.717) is 25.4 Å². The van der Waals surface area contributed by atoms with Crippen LogP contribution in [0.2, 0.25) is 5.02 Å². The minimum absolute atomic E-state index is 0.0761. The SMILES string of the molecule is Cc1cc(Cl)ccc1OCC(=O)NC(=S)Nc1cc(Br)c(O)c(Br)c1. The van der Waals surface area contributed by atoms with Gasteiger partial charge in [-0.05, 0) is 86.9 Å². The van der Waals surface area contributed by atoms with Gasteiger partial charge in [0.05, 0.1) is 8.95 Å². The van der Waals surface area contributed by atoms with Crippen molar-refractivity contribution in [2.24, 2.45) is 0 Å². The molecule has 25 heavy (non-hydrogen) atoms. The molecule has 132 valence electrons. The molecule has 1 amide bonds. The molecule has 0 unspecified atom stereocenters. The Morgan fingerprint density at radius 3 is 2.52 bits per heavy atom. The Labute approximate surface area is 172 Å². The predicted molar refractivity (Wildman–Crippen MR) is 110 cm³/mol. The van der Waals surface area contributed by atoms with Crippen molar-refractivity contribution in [3.63, 3.8) is 0 Å². The second-order valence-corrected chi connectivity index (χ2v) is 7.54. The number of hydrogen-bond donors (Lipinski definition) is 3. The molecule has 0 radical (unpaired) electrons. The number of phenolic OH excluding ortho intramolecular Hbond substituents is 1. The fraction of sp³-hybridized carbons (Fsp3) is 0.125. The van der Waals surface area contributed by atoms with Crippen molar-refractivity contribution in [2.45, 2.75) is 6.92 Å². The number of anilines is 1. The summed E-state index contributed by atoms with van der Waals surface area (Å²) in [6, 6.07) is 8.40. The van der Waals surface area contributed by atoms with E-state index in [-0.39, 0.29) is 17.5 Å². The van der Waals surface area contributed by atoms with E-state index in [1.54, 1.807) is 30.3 Å². The minimum Gasteiger partial charge on any atom is -0.506 e. The number of carbonyl (C=O) groups is 1. The first kappa shape index (κ1) is 20.0. The molecule has 0 bridgehead atoms. The van der Waals surface area contributed by atoms with Crippen LogP contribution in [-0.2, 0) is 4.79 Å². The molecular formula is C16H13Br2ClN2O3S. The number of thiocarbonyl (C=S) groups is 1. The van der Waals surface area contributed by atoms with Gasteiger partial charge in [0.1, 0.15) is 11.5 Å². The molecule has 0 aromatic heterocycles. The van der Waals surface area contributed by atoms with Crippen LogP contribution in [0.5, 0.6) is 11.5 Å². The second kappa shape index (κ2) is 8.84. The Hall–Kier alpha value is -1.35. The Morgan fingerprint density at radius 2 is 1.92 bits per heavy atom. The minimum atomic E-state index is -0.399. The Kier molecular flexibility index (Phi) is 7.06. The van der Waals surface area contributed by atoms with Gasteiger partial charge < -0.3 is 15.2 Å². The topological polar surface area (TPSA) is 70.6 Å². The molecule has 0 heterocycles. The van der Waals surface area contributed by atoms with E-state index >= 15 is 0 Å². The van der Waals surface area contributed by atoms with Crippen LogP contribution in [0.4, 0.5) is 5.69 Å². The summed E-state index contributed by atoms with van der Waals surface area (Å²) in [5, 5.41) is 15.8. The summed E-state index contributed by atoms with van der Waals surface area (Å²) in [7, 11) is 0.